The summed E-state index contributed by atoms with van der Waals surface area (Å²) in [6.07, 6.45) is 4.46. The summed E-state index contributed by atoms with van der Waals surface area (Å²) in [6, 6.07) is 18.7. The molecule has 0 N–H and O–H groups in total. The molecule has 4 rings (SSSR count). The number of aliphatic imine (C=N–C) groups is 1. The maximum atomic E-state index is 6.26. The van der Waals surface area contributed by atoms with Gasteiger partial charge >= 0.3 is 0 Å². The second-order valence-corrected chi connectivity index (χ2v) is 11.9. The van der Waals surface area contributed by atoms with Gasteiger partial charge < -0.3 is 4.74 Å². The summed E-state index contributed by atoms with van der Waals surface area (Å²) in [5.41, 5.74) is 3.07. The molecule has 0 saturated carbocycles. The van der Waals surface area contributed by atoms with E-state index in [2.05, 4.69) is 87.8 Å². The molecule has 1 fully saturated rings. The van der Waals surface area contributed by atoms with Crippen molar-refractivity contribution in [2.75, 3.05) is 13.2 Å². The van der Waals surface area contributed by atoms with Crippen LogP contribution in [0.2, 0.25) is 0 Å². The van der Waals surface area contributed by atoms with Crippen LogP contribution in [0.1, 0.15) is 58.6 Å². The minimum atomic E-state index is -0.631. The lowest BCUT2D eigenvalue weighted by Crippen LogP contribution is -2.39. The highest BCUT2D eigenvalue weighted by atomic mass is 31.1. The van der Waals surface area contributed by atoms with Gasteiger partial charge in [-0.15, -0.1) is 0 Å². The van der Waals surface area contributed by atoms with E-state index in [0.29, 0.717) is 0 Å². The fourth-order valence-electron chi connectivity index (χ4n) is 4.70. The molecule has 1 saturated heterocycles. The number of rotatable bonds is 6. The summed E-state index contributed by atoms with van der Waals surface area (Å²) >= 11 is 0. The molecule has 31 heavy (non-hydrogen) atoms. The predicted molar refractivity (Wildman–Crippen MR) is 134 cm³/mol. The van der Waals surface area contributed by atoms with Crippen molar-refractivity contribution in [3.05, 3.63) is 59.7 Å². The Kier molecular flexibility index (Phi) is 6.84. The molecule has 2 aromatic rings. The van der Waals surface area contributed by atoms with Crippen molar-refractivity contribution in [2.24, 2.45) is 10.4 Å². The number of aryl methyl sites for hydroxylation is 2. The Hall–Kier alpha value is -1.70. The van der Waals surface area contributed by atoms with Gasteiger partial charge in [0.05, 0.1) is 12.1 Å². The highest BCUT2D eigenvalue weighted by Gasteiger charge is 2.41. The normalized spacial score (nSPS) is 22.1. The van der Waals surface area contributed by atoms with Gasteiger partial charge in [0.1, 0.15) is 6.61 Å². The van der Waals surface area contributed by atoms with Gasteiger partial charge in [0.25, 0.3) is 0 Å². The molecule has 0 radical (unpaired) electrons. The molecule has 166 valence electrons. The quantitative estimate of drug-likeness (QED) is 0.561. The Balaban J connectivity index is 1.78. The average molecular weight is 437 g/mol. The van der Waals surface area contributed by atoms with Crippen LogP contribution in [-0.2, 0) is 17.6 Å². The number of benzene rings is 2. The molecule has 2 aromatic carbocycles. The highest BCUT2D eigenvalue weighted by molar-refractivity contribution is 7.71. The van der Waals surface area contributed by atoms with E-state index in [1.807, 2.05) is 0 Å². The summed E-state index contributed by atoms with van der Waals surface area (Å²) in [4.78, 5) is 5.11. The van der Waals surface area contributed by atoms with Crippen molar-refractivity contribution in [2.45, 2.75) is 72.4 Å². The van der Waals surface area contributed by atoms with Crippen molar-refractivity contribution in [1.82, 2.24) is 4.67 Å². The van der Waals surface area contributed by atoms with E-state index < -0.39 is 8.07 Å². The Morgan fingerprint density at radius 3 is 2.06 bits per heavy atom. The van der Waals surface area contributed by atoms with Crippen LogP contribution in [0.3, 0.4) is 0 Å². The minimum Gasteiger partial charge on any atom is -0.478 e. The standard InChI is InChI=1S/C27H37N2OP/c1-6-20-13-8-10-16-23(20)31(24-17-11-9-14-21(24)7-2)29-18-12-15-22(29)26-28-25(19-30-26)27(3,4)5/h8-11,13-14,16-17,22,25H,6-7,12,15,18-19H2,1-5H3/t22-,25-/m0/s1. The second-order valence-electron chi connectivity index (χ2n) is 9.76. The zero-order chi connectivity index (χ0) is 22.0. The summed E-state index contributed by atoms with van der Waals surface area (Å²) in [5, 5.41) is 3.00. The summed E-state index contributed by atoms with van der Waals surface area (Å²) in [7, 11) is -0.631. The summed E-state index contributed by atoms with van der Waals surface area (Å²) in [5.74, 6) is 0.980. The van der Waals surface area contributed by atoms with E-state index in [1.54, 1.807) is 0 Å². The Bertz CT molecular complexity index is 885. The third-order valence-corrected chi connectivity index (χ3v) is 9.42. The fraction of sp³-hybridized carbons (Fsp3) is 0.519. The third-order valence-electron chi connectivity index (χ3n) is 6.64. The van der Waals surface area contributed by atoms with E-state index in [-0.39, 0.29) is 17.5 Å². The van der Waals surface area contributed by atoms with Crippen molar-refractivity contribution >= 4 is 24.6 Å². The molecule has 0 aliphatic carbocycles. The molecule has 0 bridgehead atoms. The van der Waals surface area contributed by atoms with Crippen molar-refractivity contribution in [3.63, 3.8) is 0 Å². The van der Waals surface area contributed by atoms with Crippen LogP contribution in [-0.4, -0.2) is 35.8 Å². The molecule has 0 unspecified atom stereocenters. The Morgan fingerprint density at radius 2 is 1.55 bits per heavy atom. The lowest BCUT2D eigenvalue weighted by atomic mass is 9.88. The zero-order valence-electron chi connectivity index (χ0n) is 19.8. The van der Waals surface area contributed by atoms with E-state index in [1.165, 1.54) is 28.2 Å². The van der Waals surface area contributed by atoms with Crippen LogP contribution >= 0.6 is 8.07 Å². The second kappa shape index (κ2) is 9.43. The first-order valence-corrected chi connectivity index (χ1v) is 13.2. The average Bonchev–Trinajstić information content (AvgIpc) is 3.44. The monoisotopic (exact) mass is 436 g/mol. The lowest BCUT2D eigenvalue weighted by Gasteiger charge is -2.35. The van der Waals surface area contributed by atoms with Gasteiger partial charge in [-0.05, 0) is 52.8 Å². The molecular formula is C27H37N2OP. The SMILES string of the molecule is CCc1ccccc1P(c1ccccc1CC)N1CCC[C@H]1C1=N[C@H](C(C)(C)C)CO1. The highest BCUT2D eigenvalue weighted by Crippen LogP contribution is 2.46. The molecular weight excluding hydrogens is 399 g/mol. The maximum Gasteiger partial charge on any atom is 0.201 e. The zero-order valence-corrected chi connectivity index (χ0v) is 20.7. The molecule has 0 spiro atoms. The van der Waals surface area contributed by atoms with Gasteiger partial charge in [0.15, 0.2) is 0 Å². The molecule has 2 atom stereocenters. The van der Waals surface area contributed by atoms with Gasteiger partial charge in [0, 0.05) is 14.6 Å². The molecule has 4 heteroatoms. The fourth-order valence-corrected chi connectivity index (χ4v) is 7.81. The first-order valence-electron chi connectivity index (χ1n) is 11.9. The Morgan fingerprint density at radius 1 is 0.968 bits per heavy atom. The number of ether oxygens (including phenoxy) is 1. The molecule has 0 aromatic heterocycles. The van der Waals surface area contributed by atoms with Crippen LogP contribution < -0.4 is 10.6 Å². The van der Waals surface area contributed by atoms with Crippen molar-refractivity contribution in [3.8, 4) is 0 Å². The predicted octanol–water partition coefficient (Wildman–Crippen LogP) is 5.47. The van der Waals surface area contributed by atoms with E-state index in [0.717, 1.165) is 38.3 Å². The summed E-state index contributed by atoms with van der Waals surface area (Å²) in [6.45, 7) is 13.2. The van der Waals surface area contributed by atoms with Crippen LogP contribution in [0, 0.1) is 5.41 Å². The van der Waals surface area contributed by atoms with E-state index in [9.17, 15) is 0 Å². The molecule has 2 aliphatic rings. The largest absolute Gasteiger partial charge is 0.478 e. The van der Waals surface area contributed by atoms with Gasteiger partial charge in [-0.25, -0.2) is 4.99 Å². The topological polar surface area (TPSA) is 24.8 Å². The van der Waals surface area contributed by atoms with Gasteiger partial charge in [-0.1, -0.05) is 83.1 Å². The lowest BCUT2D eigenvalue weighted by molar-refractivity contribution is 0.227. The molecule has 2 heterocycles. The van der Waals surface area contributed by atoms with Crippen molar-refractivity contribution in [1.29, 1.82) is 0 Å². The van der Waals surface area contributed by atoms with Gasteiger partial charge in [0.2, 0.25) is 5.90 Å². The Labute approximate surface area is 189 Å². The number of hydrogen-bond donors (Lipinski definition) is 0. The minimum absolute atomic E-state index is 0.138. The van der Waals surface area contributed by atoms with E-state index in [4.69, 9.17) is 9.73 Å². The van der Waals surface area contributed by atoms with Crippen LogP contribution in [0.5, 0.6) is 0 Å². The number of hydrogen-bond acceptors (Lipinski definition) is 3. The summed E-state index contributed by atoms with van der Waals surface area (Å²) < 4.78 is 9.00. The molecule has 2 aliphatic heterocycles. The molecule has 3 nitrogen and oxygen atoms in total. The first kappa shape index (κ1) is 22.5. The maximum absolute atomic E-state index is 6.26. The smallest absolute Gasteiger partial charge is 0.201 e. The first-order chi connectivity index (χ1) is 14.9. The van der Waals surface area contributed by atoms with Crippen molar-refractivity contribution < 1.29 is 4.74 Å². The van der Waals surface area contributed by atoms with E-state index >= 15 is 0 Å². The number of nitrogens with zero attached hydrogens (tertiary/aromatic N) is 2. The van der Waals surface area contributed by atoms with Crippen LogP contribution in [0.25, 0.3) is 0 Å². The molecule has 0 amide bonds. The van der Waals surface area contributed by atoms with Crippen LogP contribution in [0.15, 0.2) is 53.5 Å². The third kappa shape index (κ3) is 4.59. The van der Waals surface area contributed by atoms with Gasteiger partial charge in [-0.3, -0.25) is 4.67 Å². The van der Waals surface area contributed by atoms with Gasteiger partial charge in [-0.2, -0.15) is 0 Å². The van der Waals surface area contributed by atoms with Crippen LogP contribution in [0.4, 0.5) is 0 Å².